The van der Waals surface area contributed by atoms with Crippen molar-refractivity contribution in [1.29, 1.82) is 0 Å². The summed E-state index contributed by atoms with van der Waals surface area (Å²) < 4.78 is 5.81. The molecule has 1 N–H and O–H groups in total. The van der Waals surface area contributed by atoms with Crippen molar-refractivity contribution in [1.82, 2.24) is 10.2 Å². The van der Waals surface area contributed by atoms with Crippen LogP contribution in [0.1, 0.15) is 26.2 Å². The molecular weight excluding hydrogens is 272 g/mol. The molecule has 112 valence electrons. The van der Waals surface area contributed by atoms with Gasteiger partial charge in [0, 0.05) is 17.6 Å². The summed E-state index contributed by atoms with van der Waals surface area (Å²) >= 11 is 5.96. The largest absolute Gasteiger partial charge is 0.492 e. The third-order valence-electron chi connectivity index (χ3n) is 3.78. The first kappa shape index (κ1) is 15.6. The highest BCUT2D eigenvalue weighted by Gasteiger charge is 2.19. The van der Waals surface area contributed by atoms with Crippen LogP contribution in [-0.4, -0.2) is 43.7 Å². The lowest BCUT2D eigenvalue weighted by atomic mass is 10.0. The lowest BCUT2D eigenvalue weighted by molar-refractivity contribution is 0.135. The van der Waals surface area contributed by atoms with Gasteiger partial charge in [0.25, 0.3) is 0 Å². The molecule has 0 aromatic heterocycles. The Hall–Kier alpha value is -0.770. The molecule has 0 aliphatic carbocycles. The number of nitrogens with zero attached hydrogens (tertiary/aromatic N) is 1. The zero-order valence-corrected chi connectivity index (χ0v) is 13.0. The zero-order valence-electron chi connectivity index (χ0n) is 12.3. The van der Waals surface area contributed by atoms with E-state index in [-0.39, 0.29) is 0 Å². The molecule has 3 nitrogen and oxygen atoms in total. The monoisotopic (exact) mass is 296 g/mol. The second-order valence-corrected chi connectivity index (χ2v) is 5.76. The molecule has 0 bridgehead atoms. The maximum atomic E-state index is 5.96. The van der Waals surface area contributed by atoms with Crippen LogP contribution in [0.2, 0.25) is 5.02 Å². The predicted octanol–water partition coefficient (Wildman–Crippen LogP) is 3.18. The van der Waals surface area contributed by atoms with Crippen molar-refractivity contribution >= 4 is 11.6 Å². The Balaban J connectivity index is 1.79. The van der Waals surface area contributed by atoms with Gasteiger partial charge in [-0.15, -0.1) is 0 Å². The Morgan fingerprint density at radius 1 is 1.30 bits per heavy atom. The van der Waals surface area contributed by atoms with E-state index >= 15 is 0 Å². The molecule has 0 radical (unpaired) electrons. The van der Waals surface area contributed by atoms with Gasteiger partial charge >= 0.3 is 0 Å². The number of piperidine rings is 1. The van der Waals surface area contributed by atoms with Crippen LogP contribution >= 0.6 is 11.6 Å². The highest BCUT2D eigenvalue weighted by molar-refractivity contribution is 6.30. The molecule has 0 atom stereocenters. The van der Waals surface area contributed by atoms with E-state index in [0.29, 0.717) is 6.04 Å². The molecule has 1 aromatic carbocycles. The summed E-state index contributed by atoms with van der Waals surface area (Å²) in [5.41, 5.74) is 0. The Morgan fingerprint density at radius 3 is 2.80 bits per heavy atom. The lowest BCUT2D eigenvalue weighted by Gasteiger charge is -2.34. The van der Waals surface area contributed by atoms with E-state index in [9.17, 15) is 0 Å². The van der Waals surface area contributed by atoms with Gasteiger partial charge < -0.3 is 10.1 Å². The Bertz CT molecular complexity index is 394. The van der Waals surface area contributed by atoms with E-state index < -0.39 is 0 Å². The zero-order chi connectivity index (χ0) is 14.2. The van der Waals surface area contributed by atoms with Crippen molar-refractivity contribution in [2.45, 2.75) is 32.2 Å². The number of halogens is 1. The van der Waals surface area contributed by atoms with Gasteiger partial charge in [0.15, 0.2) is 0 Å². The number of benzene rings is 1. The molecule has 0 spiro atoms. The summed E-state index contributed by atoms with van der Waals surface area (Å²) in [7, 11) is 0. The summed E-state index contributed by atoms with van der Waals surface area (Å²) in [6, 6.07) is 8.33. The minimum atomic E-state index is 0.708. The van der Waals surface area contributed by atoms with E-state index in [0.717, 1.165) is 43.6 Å². The molecule has 1 saturated heterocycles. The molecule has 2 rings (SSSR count). The van der Waals surface area contributed by atoms with Gasteiger partial charge in [-0.05, 0) is 57.1 Å². The summed E-state index contributed by atoms with van der Waals surface area (Å²) in [5, 5.41) is 4.16. The van der Waals surface area contributed by atoms with Crippen molar-refractivity contribution in [3.05, 3.63) is 29.3 Å². The van der Waals surface area contributed by atoms with E-state index in [4.69, 9.17) is 16.3 Å². The topological polar surface area (TPSA) is 24.5 Å². The first-order valence-corrected chi connectivity index (χ1v) is 8.00. The fourth-order valence-corrected chi connectivity index (χ4v) is 2.95. The standard InChI is InChI=1S/C16H25ClN2O/c1-2-10-19(15-6-8-18-9-7-15)11-12-20-16-5-3-4-14(17)13-16/h3-5,13,15,18H,2,6-12H2,1H3. The Labute approximate surface area is 127 Å². The molecule has 20 heavy (non-hydrogen) atoms. The van der Waals surface area contributed by atoms with Crippen molar-refractivity contribution in [2.24, 2.45) is 0 Å². The van der Waals surface area contributed by atoms with Gasteiger partial charge in [0.1, 0.15) is 12.4 Å². The number of hydrogen-bond donors (Lipinski definition) is 1. The summed E-state index contributed by atoms with van der Waals surface area (Å²) in [5.74, 6) is 0.860. The molecule has 1 heterocycles. The average molecular weight is 297 g/mol. The predicted molar refractivity (Wildman–Crippen MR) is 84.7 cm³/mol. The number of hydrogen-bond acceptors (Lipinski definition) is 3. The van der Waals surface area contributed by atoms with Crippen molar-refractivity contribution in [3.63, 3.8) is 0 Å². The molecule has 1 fully saturated rings. The fraction of sp³-hybridized carbons (Fsp3) is 0.625. The molecular formula is C16H25ClN2O. The minimum Gasteiger partial charge on any atom is -0.492 e. The minimum absolute atomic E-state index is 0.708. The van der Waals surface area contributed by atoms with E-state index in [1.54, 1.807) is 0 Å². The van der Waals surface area contributed by atoms with Gasteiger partial charge in [-0.25, -0.2) is 0 Å². The van der Waals surface area contributed by atoms with Gasteiger partial charge in [-0.3, -0.25) is 4.90 Å². The quantitative estimate of drug-likeness (QED) is 0.836. The van der Waals surface area contributed by atoms with Gasteiger partial charge in [0.2, 0.25) is 0 Å². The van der Waals surface area contributed by atoms with Gasteiger partial charge in [-0.2, -0.15) is 0 Å². The third kappa shape index (κ3) is 4.97. The maximum absolute atomic E-state index is 5.96. The van der Waals surface area contributed by atoms with Gasteiger partial charge in [-0.1, -0.05) is 24.6 Å². The highest BCUT2D eigenvalue weighted by atomic mass is 35.5. The van der Waals surface area contributed by atoms with Crippen LogP contribution in [0, 0.1) is 0 Å². The van der Waals surface area contributed by atoms with Gasteiger partial charge in [0.05, 0.1) is 0 Å². The second kappa shape index (κ2) is 8.50. The molecule has 4 heteroatoms. The van der Waals surface area contributed by atoms with E-state index in [1.165, 1.54) is 19.3 Å². The molecule has 0 saturated carbocycles. The smallest absolute Gasteiger partial charge is 0.120 e. The maximum Gasteiger partial charge on any atom is 0.120 e. The number of nitrogens with one attached hydrogen (secondary N) is 1. The molecule has 0 unspecified atom stereocenters. The summed E-state index contributed by atoms with van der Waals surface area (Å²) in [6.45, 7) is 7.39. The summed E-state index contributed by atoms with van der Waals surface area (Å²) in [4.78, 5) is 2.57. The van der Waals surface area contributed by atoms with E-state index in [1.807, 2.05) is 24.3 Å². The first-order valence-electron chi connectivity index (χ1n) is 7.62. The van der Waals surface area contributed by atoms with Crippen molar-refractivity contribution in [2.75, 3.05) is 32.8 Å². The van der Waals surface area contributed by atoms with Crippen LogP contribution in [0.5, 0.6) is 5.75 Å². The van der Waals surface area contributed by atoms with Crippen LogP contribution in [0.4, 0.5) is 0 Å². The van der Waals surface area contributed by atoms with Crippen molar-refractivity contribution < 1.29 is 4.74 Å². The molecule has 1 aromatic rings. The van der Waals surface area contributed by atoms with Crippen LogP contribution in [0.3, 0.4) is 0 Å². The third-order valence-corrected chi connectivity index (χ3v) is 4.01. The Morgan fingerprint density at radius 2 is 2.10 bits per heavy atom. The average Bonchev–Trinajstić information content (AvgIpc) is 2.47. The van der Waals surface area contributed by atoms with Crippen LogP contribution in [-0.2, 0) is 0 Å². The SMILES string of the molecule is CCCN(CCOc1cccc(Cl)c1)C1CCNCC1. The highest BCUT2D eigenvalue weighted by Crippen LogP contribution is 2.17. The first-order chi connectivity index (χ1) is 9.79. The van der Waals surface area contributed by atoms with Crippen molar-refractivity contribution in [3.8, 4) is 5.75 Å². The fourth-order valence-electron chi connectivity index (χ4n) is 2.77. The normalized spacial score (nSPS) is 16.6. The second-order valence-electron chi connectivity index (χ2n) is 5.32. The van der Waals surface area contributed by atoms with Crippen LogP contribution in [0.25, 0.3) is 0 Å². The van der Waals surface area contributed by atoms with E-state index in [2.05, 4.69) is 17.1 Å². The van der Waals surface area contributed by atoms with Crippen LogP contribution in [0.15, 0.2) is 24.3 Å². The summed E-state index contributed by atoms with van der Waals surface area (Å²) in [6.07, 6.45) is 3.69. The number of ether oxygens (including phenoxy) is 1. The molecule has 1 aliphatic heterocycles. The lowest BCUT2D eigenvalue weighted by Crippen LogP contribution is -2.45. The van der Waals surface area contributed by atoms with Crippen LogP contribution < -0.4 is 10.1 Å². The molecule has 1 aliphatic rings. The number of rotatable bonds is 7. The Kier molecular flexibility index (Phi) is 6.64. The molecule has 0 amide bonds.